The third kappa shape index (κ3) is 7.32. The summed E-state index contributed by atoms with van der Waals surface area (Å²) in [7, 11) is 1.46. The topological polar surface area (TPSA) is 103 Å². The molecular weight excluding hydrogens is 550 g/mol. The van der Waals surface area contributed by atoms with E-state index in [1.54, 1.807) is 6.07 Å². The summed E-state index contributed by atoms with van der Waals surface area (Å²) in [5, 5.41) is 10.3. The predicted molar refractivity (Wildman–Crippen MR) is 160 cm³/mol. The second-order valence-corrected chi connectivity index (χ2v) is 10.5. The first-order valence-corrected chi connectivity index (χ1v) is 15.1. The van der Waals surface area contributed by atoms with Crippen molar-refractivity contribution < 1.29 is 24.5 Å². The van der Waals surface area contributed by atoms with Crippen molar-refractivity contribution in [2.75, 3.05) is 18.6 Å². The molecule has 1 saturated carbocycles. The number of allylic oxidation sites excluding steroid dienone is 1. The maximum atomic E-state index is 13.6. The van der Waals surface area contributed by atoms with Crippen molar-refractivity contribution in [1.29, 1.82) is 0 Å². The van der Waals surface area contributed by atoms with Gasteiger partial charge in [0.1, 0.15) is 23.7 Å². The molecule has 0 aromatic carbocycles. The number of nitrogens with zero attached hydrogens (tertiary/aromatic N) is 3. The highest BCUT2D eigenvalue weighted by atomic mass is 32.2. The van der Waals surface area contributed by atoms with Crippen LogP contribution in [0.5, 0.6) is 0 Å². The molecular formula is C29H40F2N6O3S. The van der Waals surface area contributed by atoms with Crippen molar-refractivity contribution in [3.63, 3.8) is 0 Å². The summed E-state index contributed by atoms with van der Waals surface area (Å²) in [6, 6.07) is 0.532. The summed E-state index contributed by atoms with van der Waals surface area (Å²) < 4.78 is 38.5. The molecule has 224 valence electrons. The van der Waals surface area contributed by atoms with E-state index in [1.807, 2.05) is 27.7 Å². The van der Waals surface area contributed by atoms with E-state index < -0.39 is 23.9 Å². The van der Waals surface area contributed by atoms with E-state index in [0.29, 0.717) is 33.7 Å². The van der Waals surface area contributed by atoms with E-state index >= 15 is 0 Å². The molecule has 3 N–H and O–H groups in total. The molecule has 6 rings (SSSR count). The summed E-state index contributed by atoms with van der Waals surface area (Å²) in [6.07, 6.45) is 5.96. The van der Waals surface area contributed by atoms with Crippen LogP contribution in [0.15, 0.2) is 35.4 Å². The van der Waals surface area contributed by atoms with Gasteiger partial charge in [0, 0.05) is 37.4 Å². The Bertz CT molecular complexity index is 1260. The number of pyridine rings is 1. The molecule has 1 aromatic rings. The lowest BCUT2D eigenvalue weighted by Crippen LogP contribution is -2.39. The zero-order valence-corrected chi connectivity index (χ0v) is 24.9. The van der Waals surface area contributed by atoms with Gasteiger partial charge in [-0.3, -0.25) is 10.2 Å². The molecule has 0 radical (unpaired) electrons. The summed E-state index contributed by atoms with van der Waals surface area (Å²) in [5.41, 5.74) is 3.44. The Hall–Kier alpha value is -3.30. The highest BCUT2D eigenvalue weighted by molar-refractivity contribution is 8.15. The summed E-state index contributed by atoms with van der Waals surface area (Å²) >= 11 is 1.31. The zero-order valence-electron chi connectivity index (χ0n) is 24.0. The number of rotatable bonds is 6. The fourth-order valence-corrected chi connectivity index (χ4v) is 5.26. The average molecular weight is 591 g/mol. The van der Waals surface area contributed by atoms with Crippen LogP contribution in [0.25, 0.3) is 5.57 Å². The van der Waals surface area contributed by atoms with Gasteiger partial charge >= 0.3 is 0 Å². The van der Waals surface area contributed by atoms with E-state index in [9.17, 15) is 13.6 Å². The zero-order chi connectivity index (χ0) is 29.5. The van der Waals surface area contributed by atoms with Gasteiger partial charge < -0.3 is 25.0 Å². The molecule has 12 heteroatoms. The van der Waals surface area contributed by atoms with Gasteiger partial charge in [0.15, 0.2) is 16.8 Å². The smallest absolute Gasteiger partial charge is 0.261 e. The van der Waals surface area contributed by atoms with Crippen LogP contribution in [0.2, 0.25) is 0 Å². The number of dihydropyridines is 1. The number of amides is 1. The fraction of sp³-hybridized carbons (Fsp3) is 0.552. The number of fused-ring (bicyclic) bond motifs is 1. The SMILES string of the molecule is CC.CC.COC1=CNC(C(F)F)C=C1c1cc(N2CCCC3OC32)ncc1C(=O)NC1NN=C(C#CC2CC2)S1.[HH]. The third-order valence-electron chi connectivity index (χ3n) is 6.71. The minimum atomic E-state index is -2.64. The van der Waals surface area contributed by atoms with Crippen LogP contribution in [0, 0.1) is 17.8 Å². The van der Waals surface area contributed by atoms with Crippen molar-refractivity contribution in [2.24, 2.45) is 11.0 Å². The van der Waals surface area contributed by atoms with Crippen LogP contribution in [-0.2, 0) is 9.47 Å². The monoisotopic (exact) mass is 590 g/mol. The summed E-state index contributed by atoms with van der Waals surface area (Å²) in [4.78, 5) is 20.0. The predicted octanol–water partition coefficient (Wildman–Crippen LogP) is 4.89. The lowest BCUT2D eigenvalue weighted by atomic mass is 9.95. The average Bonchev–Trinajstić information content (AvgIpc) is 3.95. The molecule has 0 spiro atoms. The highest BCUT2D eigenvalue weighted by Crippen LogP contribution is 2.39. The number of ether oxygens (including phenoxy) is 2. The van der Waals surface area contributed by atoms with E-state index in [1.165, 1.54) is 37.3 Å². The number of hydrogen-bond acceptors (Lipinski definition) is 9. The van der Waals surface area contributed by atoms with Crippen LogP contribution in [0.4, 0.5) is 14.6 Å². The fourth-order valence-electron chi connectivity index (χ4n) is 4.54. The molecule has 1 aliphatic carbocycles. The van der Waals surface area contributed by atoms with Gasteiger partial charge in [-0.05, 0) is 55.5 Å². The normalized spacial score (nSPS) is 25.6. The Morgan fingerprint density at radius 3 is 2.78 bits per heavy atom. The molecule has 0 bridgehead atoms. The van der Waals surface area contributed by atoms with Crippen molar-refractivity contribution in [3.8, 4) is 11.8 Å². The third-order valence-corrected chi connectivity index (χ3v) is 7.59. The maximum absolute atomic E-state index is 13.6. The van der Waals surface area contributed by atoms with Crippen molar-refractivity contribution in [3.05, 3.63) is 41.4 Å². The number of methoxy groups -OCH3 is 1. The van der Waals surface area contributed by atoms with E-state index in [-0.39, 0.29) is 19.3 Å². The molecule has 2 saturated heterocycles. The summed E-state index contributed by atoms with van der Waals surface area (Å²) in [5.74, 6) is 7.18. The standard InChI is InChI=1S/C25H26F2N6O3S.2C2H6.H2/c1-35-19-12-28-17(22(26)27)9-15(19)14-10-20(33-8-2-3-18-24(33)36-18)29-11-16(14)23(34)30-25-32-31-21(37-25)7-6-13-4-5-13;2*1-2;/h9-13,17-18,22,24-25,28,32H,2-5,8H2,1H3,(H,30,34);2*1-2H3;1H. The Morgan fingerprint density at radius 1 is 1.29 bits per heavy atom. The van der Waals surface area contributed by atoms with Crippen molar-refractivity contribution in [1.82, 2.24) is 21.0 Å². The van der Waals surface area contributed by atoms with E-state index in [4.69, 9.17) is 9.47 Å². The number of alkyl halides is 2. The van der Waals surface area contributed by atoms with Crippen molar-refractivity contribution >= 4 is 34.1 Å². The van der Waals surface area contributed by atoms with Gasteiger partial charge in [0.25, 0.3) is 12.3 Å². The Labute approximate surface area is 246 Å². The minimum Gasteiger partial charge on any atom is -0.495 e. The molecule has 5 heterocycles. The van der Waals surface area contributed by atoms with Gasteiger partial charge in [0.05, 0.1) is 12.7 Å². The van der Waals surface area contributed by atoms with Gasteiger partial charge in [0.2, 0.25) is 0 Å². The van der Waals surface area contributed by atoms with Gasteiger partial charge in [-0.2, -0.15) is 5.10 Å². The quantitative estimate of drug-likeness (QED) is 0.318. The number of hydrogen-bond donors (Lipinski definition) is 3. The number of piperidine rings is 1. The first kappa shape index (κ1) is 30.7. The number of hydrazone groups is 1. The molecule has 41 heavy (non-hydrogen) atoms. The molecule has 9 nitrogen and oxygen atoms in total. The highest BCUT2D eigenvalue weighted by Gasteiger charge is 2.47. The number of aromatic nitrogens is 1. The molecule has 3 fully saturated rings. The minimum absolute atomic E-state index is 0. The number of epoxide rings is 1. The summed E-state index contributed by atoms with van der Waals surface area (Å²) in [6.45, 7) is 8.76. The molecule has 1 aromatic heterocycles. The number of nitrogens with one attached hydrogen (secondary N) is 3. The number of thioether (sulfide) groups is 1. The Morgan fingerprint density at radius 2 is 2.07 bits per heavy atom. The maximum Gasteiger partial charge on any atom is 0.261 e. The molecule has 1 amide bonds. The van der Waals surface area contributed by atoms with Gasteiger partial charge in [-0.15, -0.1) is 0 Å². The lowest BCUT2D eigenvalue weighted by molar-refractivity contribution is 0.0945. The van der Waals surface area contributed by atoms with E-state index in [0.717, 1.165) is 32.2 Å². The molecule has 4 atom stereocenters. The second kappa shape index (κ2) is 14.0. The van der Waals surface area contributed by atoms with Crippen LogP contribution < -0.4 is 21.0 Å². The number of halogens is 2. The second-order valence-electron chi connectivity index (χ2n) is 9.37. The van der Waals surface area contributed by atoms with Crippen LogP contribution in [-0.4, -0.2) is 59.9 Å². The first-order valence-electron chi connectivity index (χ1n) is 14.3. The number of carbonyl (C=O) groups is 1. The molecule has 5 aliphatic rings. The number of anilines is 1. The Kier molecular flexibility index (Phi) is 10.5. The van der Waals surface area contributed by atoms with E-state index in [2.05, 4.69) is 42.9 Å². The Balaban J connectivity index is 0.000000929. The van der Waals surface area contributed by atoms with Crippen LogP contribution >= 0.6 is 11.8 Å². The lowest BCUT2D eigenvalue weighted by Gasteiger charge is -2.27. The van der Waals surface area contributed by atoms with Crippen molar-refractivity contribution in [2.45, 2.75) is 83.7 Å². The van der Waals surface area contributed by atoms with Crippen LogP contribution in [0.1, 0.15) is 70.7 Å². The van der Waals surface area contributed by atoms with Gasteiger partial charge in [-0.25, -0.2) is 13.8 Å². The largest absolute Gasteiger partial charge is 0.495 e. The van der Waals surface area contributed by atoms with Crippen LogP contribution in [0.3, 0.4) is 0 Å². The molecule has 4 aliphatic heterocycles. The first-order chi connectivity index (χ1) is 20.0. The molecule has 4 unspecified atom stereocenters. The number of carbonyl (C=O) groups excluding carboxylic acids is 1. The van der Waals surface area contributed by atoms with Gasteiger partial charge in [-0.1, -0.05) is 33.6 Å².